The lowest BCUT2D eigenvalue weighted by atomic mass is 10.1. The number of hydrogen-bond donors (Lipinski definition) is 0. The fourth-order valence-corrected chi connectivity index (χ4v) is 2.89. The number of aryl methyl sites for hydroxylation is 2. The average molecular weight is 313 g/mol. The lowest BCUT2D eigenvalue weighted by Crippen LogP contribution is -1.93. The second-order valence-electron chi connectivity index (χ2n) is 5.84. The van der Waals surface area contributed by atoms with Crippen molar-refractivity contribution in [3.05, 3.63) is 62.7 Å². The number of nitro groups is 1. The standard InChI is InChI=1S/C9H9NO3.C9H10O/c1-6-4-7-2-3-13-9(7)8(5-6)10(11)12;1-7-2-3-9-8(6-7)4-5-10-9/h4-5H,2-3H2,1H3;2-3,6H,4-5H2,1H3. The van der Waals surface area contributed by atoms with Crippen molar-refractivity contribution in [2.24, 2.45) is 0 Å². The van der Waals surface area contributed by atoms with Gasteiger partial charge in [-0.3, -0.25) is 10.1 Å². The van der Waals surface area contributed by atoms with Crippen molar-refractivity contribution in [1.82, 2.24) is 0 Å². The van der Waals surface area contributed by atoms with E-state index in [4.69, 9.17) is 9.47 Å². The van der Waals surface area contributed by atoms with Gasteiger partial charge in [0.15, 0.2) is 5.75 Å². The van der Waals surface area contributed by atoms with Crippen LogP contribution in [-0.2, 0) is 12.8 Å². The normalized spacial score (nSPS) is 14.0. The Morgan fingerprint density at radius 2 is 1.65 bits per heavy atom. The summed E-state index contributed by atoms with van der Waals surface area (Å²) in [5, 5.41) is 10.6. The van der Waals surface area contributed by atoms with Gasteiger partial charge in [0.25, 0.3) is 0 Å². The lowest BCUT2D eigenvalue weighted by molar-refractivity contribution is -0.385. The highest BCUT2D eigenvalue weighted by atomic mass is 16.6. The van der Waals surface area contributed by atoms with Crippen LogP contribution in [0.25, 0.3) is 0 Å². The van der Waals surface area contributed by atoms with E-state index < -0.39 is 4.92 Å². The van der Waals surface area contributed by atoms with Crippen LogP contribution in [0.4, 0.5) is 5.69 Å². The minimum absolute atomic E-state index is 0.0903. The third-order valence-corrected chi connectivity index (χ3v) is 3.95. The van der Waals surface area contributed by atoms with Crippen molar-refractivity contribution in [3.8, 4) is 11.5 Å². The number of nitrogens with zero attached hydrogens (tertiary/aromatic N) is 1. The maximum Gasteiger partial charge on any atom is 0.311 e. The van der Waals surface area contributed by atoms with E-state index in [1.807, 2.05) is 13.0 Å². The second kappa shape index (κ2) is 6.28. The van der Waals surface area contributed by atoms with Gasteiger partial charge in [-0.15, -0.1) is 0 Å². The largest absolute Gasteiger partial charge is 0.493 e. The van der Waals surface area contributed by atoms with E-state index in [0.29, 0.717) is 12.4 Å². The summed E-state index contributed by atoms with van der Waals surface area (Å²) in [6.45, 7) is 5.38. The molecule has 0 fully saturated rings. The average Bonchev–Trinajstić information content (AvgIpc) is 3.14. The van der Waals surface area contributed by atoms with Gasteiger partial charge in [0.1, 0.15) is 5.75 Å². The minimum atomic E-state index is -0.392. The van der Waals surface area contributed by atoms with Gasteiger partial charge in [-0.1, -0.05) is 23.8 Å². The summed E-state index contributed by atoms with van der Waals surface area (Å²) < 4.78 is 10.6. The fourth-order valence-electron chi connectivity index (χ4n) is 2.89. The maximum atomic E-state index is 10.6. The summed E-state index contributed by atoms with van der Waals surface area (Å²) >= 11 is 0. The summed E-state index contributed by atoms with van der Waals surface area (Å²) in [5.74, 6) is 1.53. The molecule has 2 heterocycles. The van der Waals surface area contributed by atoms with E-state index in [-0.39, 0.29) is 5.69 Å². The molecule has 0 saturated heterocycles. The van der Waals surface area contributed by atoms with Gasteiger partial charge < -0.3 is 9.47 Å². The smallest absolute Gasteiger partial charge is 0.311 e. The SMILES string of the molecule is Cc1cc2c(c([N+](=O)[O-])c1)OCC2.Cc1ccc2c(c1)CCO2. The van der Waals surface area contributed by atoms with Gasteiger partial charge in [0.05, 0.1) is 18.1 Å². The molecule has 0 spiro atoms. The molecule has 120 valence electrons. The molecule has 2 aliphatic heterocycles. The van der Waals surface area contributed by atoms with Crippen LogP contribution in [0, 0.1) is 24.0 Å². The summed E-state index contributed by atoms with van der Waals surface area (Å²) in [6.07, 6.45) is 1.86. The predicted octanol–water partition coefficient (Wildman–Crippen LogP) is 3.77. The van der Waals surface area contributed by atoms with Gasteiger partial charge in [0, 0.05) is 24.5 Å². The van der Waals surface area contributed by atoms with Crippen LogP contribution < -0.4 is 9.47 Å². The third-order valence-electron chi connectivity index (χ3n) is 3.95. The summed E-state index contributed by atoms with van der Waals surface area (Å²) in [4.78, 5) is 10.2. The molecule has 0 saturated carbocycles. The Bertz CT molecular complexity index is 755. The molecule has 0 atom stereocenters. The highest BCUT2D eigenvalue weighted by Gasteiger charge is 2.24. The molecule has 0 bridgehead atoms. The Balaban J connectivity index is 0.000000140. The zero-order chi connectivity index (χ0) is 16.4. The van der Waals surface area contributed by atoms with Gasteiger partial charge in [-0.2, -0.15) is 0 Å². The Morgan fingerprint density at radius 1 is 0.957 bits per heavy atom. The van der Waals surface area contributed by atoms with Crippen molar-refractivity contribution in [1.29, 1.82) is 0 Å². The monoisotopic (exact) mass is 313 g/mol. The second-order valence-corrected chi connectivity index (χ2v) is 5.84. The molecule has 0 aliphatic carbocycles. The number of benzene rings is 2. The van der Waals surface area contributed by atoms with Crippen LogP contribution in [-0.4, -0.2) is 18.1 Å². The van der Waals surface area contributed by atoms with Gasteiger partial charge in [0.2, 0.25) is 0 Å². The minimum Gasteiger partial charge on any atom is -0.493 e. The van der Waals surface area contributed by atoms with E-state index in [9.17, 15) is 10.1 Å². The van der Waals surface area contributed by atoms with Gasteiger partial charge in [-0.25, -0.2) is 0 Å². The predicted molar refractivity (Wildman–Crippen MR) is 87.4 cm³/mol. The van der Waals surface area contributed by atoms with Crippen molar-refractivity contribution in [3.63, 3.8) is 0 Å². The topological polar surface area (TPSA) is 61.6 Å². The molecule has 4 rings (SSSR count). The molecule has 0 unspecified atom stereocenters. The molecular formula is C18H19NO4. The van der Waals surface area contributed by atoms with Crippen LogP contribution in [0.2, 0.25) is 0 Å². The molecule has 2 aromatic carbocycles. The molecule has 5 nitrogen and oxygen atoms in total. The third kappa shape index (κ3) is 3.28. The van der Waals surface area contributed by atoms with Gasteiger partial charge >= 0.3 is 5.69 Å². The Labute approximate surface area is 135 Å². The molecular weight excluding hydrogens is 294 g/mol. The van der Waals surface area contributed by atoms with Crippen LogP contribution in [0.5, 0.6) is 11.5 Å². The molecule has 5 heteroatoms. The van der Waals surface area contributed by atoms with Gasteiger partial charge in [-0.05, 0) is 31.0 Å². The first-order chi connectivity index (χ1) is 11.0. The van der Waals surface area contributed by atoms with Crippen LogP contribution >= 0.6 is 0 Å². The summed E-state index contributed by atoms with van der Waals surface area (Å²) in [5.41, 5.74) is 4.64. The number of ether oxygens (including phenoxy) is 2. The Morgan fingerprint density at radius 3 is 2.43 bits per heavy atom. The van der Waals surface area contributed by atoms with Crippen LogP contribution in [0.15, 0.2) is 30.3 Å². The fraction of sp³-hybridized carbons (Fsp3) is 0.333. The molecule has 0 amide bonds. The Kier molecular flexibility index (Phi) is 4.19. The molecule has 0 radical (unpaired) electrons. The van der Waals surface area contributed by atoms with E-state index in [1.165, 1.54) is 11.1 Å². The summed E-state index contributed by atoms with van der Waals surface area (Å²) in [7, 11) is 0. The maximum absolute atomic E-state index is 10.6. The Hall–Kier alpha value is -2.56. The zero-order valence-electron chi connectivity index (χ0n) is 13.3. The first-order valence-corrected chi connectivity index (χ1v) is 7.67. The molecule has 2 aliphatic rings. The van der Waals surface area contributed by atoms with Crippen LogP contribution in [0.1, 0.15) is 22.3 Å². The number of fused-ring (bicyclic) bond motifs is 2. The van der Waals surface area contributed by atoms with Crippen molar-refractivity contribution in [2.75, 3.05) is 13.2 Å². The molecule has 23 heavy (non-hydrogen) atoms. The van der Waals surface area contributed by atoms with Crippen molar-refractivity contribution < 1.29 is 14.4 Å². The zero-order valence-corrected chi connectivity index (χ0v) is 13.3. The van der Waals surface area contributed by atoms with Crippen molar-refractivity contribution in [2.45, 2.75) is 26.7 Å². The van der Waals surface area contributed by atoms with E-state index in [0.717, 1.165) is 36.3 Å². The lowest BCUT2D eigenvalue weighted by Gasteiger charge is -2.01. The number of nitro benzene ring substituents is 1. The quantitative estimate of drug-likeness (QED) is 0.594. The number of hydrogen-bond acceptors (Lipinski definition) is 4. The molecule has 0 N–H and O–H groups in total. The highest BCUT2D eigenvalue weighted by molar-refractivity contribution is 5.55. The van der Waals surface area contributed by atoms with E-state index in [2.05, 4.69) is 25.1 Å². The van der Waals surface area contributed by atoms with E-state index in [1.54, 1.807) is 6.07 Å². The summed E-state index contributed by atoms with van der Waals surface area (Å²) in [6, 6.07) is 9.82. The first-order valence-electron chi connectivity index (χ1n) is 7.67. The van der Waals surface area contributed by atoms with Crippen molar-refractivity contribution >= 4 is 5.69 Å². The first kappa shape index (κ1) is 15.3. The van der Waals surface area contributed by atoms with Crippen LogP contribution in [0.3, 0.4) is 0 Å². The number of rotatable bonds is 1. The molecule has 2 aromatic rings. The van der Waals surface area contributed by atoms with E-state index >= 15 is 0 Å². The molecule has 0 aromatic heterocycles. The highest BCUT2D eigenvalue weighted by Crippen LogP contribution is 2.36.